The highest BCUT2D eigenvalue weighted by molar-refractivity contribution is 7.95. The van der Waals surface area contributed by atoms with E-state index in [2.05, 4.69) is 4.98 Å². The Balaban J connectivity index is 2.09. The molecule has 2 heterocycles. The number of sulfonamides is 1. The monoisotopic (exact) mass is 381 g/mol. The minimum absolute atomic E-state index is 0.0633. The summed E-state index contributed by atoms with van der Waals surface area (Å²) in [5, 5.41) is 0.957. The summed E-state index contributed by atoms with van der Waals surface area (Å²) in [7, 11) is -7.43. The van der Waals surface area contributed by atoms with Gasteiger partial charge < -0.3 is 4.57 Å². The third kappa shape index (κ3) is 3.47. The molecule has 9 heteroatoms. The summed E-state index contributed by atoms with van der Waals surface area (Å²) in [6, 6.07) is 7.71. The maximum absolute atomic E-state index is 13.2. The van der Waals surface area contributed by atoms with Gasteiger partial charge in [-0.3, -0.25) is 4.31 Å². The van der Waals surface area contributed by atoms with Crippen molar-refractivity contribution in [2.45, 2.75) is 31.0 Å². The molecule has 1 aromatic heterocycles. The molecule has 0 unspecified atom stereocenters. The lowest BCUT2D eigenvalue weighted by atomic mass is 10.2. The Bertz CT molecular complexity index is 993. The third-order valence-electron chi connectivity index (χ3n) is 3.92. The molecule has 0 fully saturated rings. The molecule has 0 bridgehead atoms. The second-order valence-electron chi connectivity index (χ2n) is 6.11. The minimum Gasteiger partial charge on any atom is -0.334 e. The van der Waals surface area contributed by atoms with Gasteiger partial charge >= 0.3 is 0 Å². The molecule has 1 aliphatic heterocycles. The van der Waals surface area contributed by atoms with E-state index >= 15 is 0 Å². The summed E-state index contributed by atoms with van der Waals surface area (Å²) in [4.78, 5) is 4.02. The maximum atomic E-state index is 13.2. The van der Waals surface area contributed by atoms with Crippen molar-refractivity contribution in [3.05, 3.63) is 54.3 Å². The molecule has 0 N–H and O–H groups in total. The van der Waals surface area contributed by atoms with E-state index in [-0.39, 0.29) is 16.8 Å². The van der Waals surface area contributed by atoms with Crippen LogP contribution in [0.5, 0.6) is 0 Å². The summed E-state index contributed by atoms with van der Waals surface area (Å²) >= 11 is 0. The van der Waals surface area contributed by atoms with Gasteiger partial charge in [0.15, 0.2) is 14.9 Å². The largest absolute Gasteiger partial charge is 0.334 e. The van der Waals surface area contributed by atoms with Gasteiger partial charge in [0.05, 0.1) is 23.8 Å². The van der Waals surface area contributed by atoms with Crippen molar-refractivity contribution < 1.29 is 16.8 Å². The normalized spacial score (nSPS) is 19.4. The minimum atomic E-state index is -4.01. The molecule has 134 valence electrons. The molecule has 1 aliphatic rings. The molecule has 0 saturated heterocycles. The van der Waals surface area contributed by atoms with Crippen molar-refractivity contribution in [1.82, 2.24) is 9.55 Å². The van der Waals surface area contributed by atoms with Gasteiger partial charge in [-0.2, -0.15) is 8.42 Å². The number of para-hydroxylation sites is 1. The highest BCUT2D eigenvalue weighted by Gasteiger charge is 2.37. The molecule has 0 spiro atoms. The van der Waals surface area contributed by atoms with Crippen LogP contribution >= 0.6 is 0 Å². The number of imidazole rings is 1. The van der Waals surface area contributed by atoms with Crippen LogP contribution in [-0.4, -0.2) is 38.2 Å². The van der Waals surface area contributed by atoms with E-state index in [4.69, 9.17) is 0 Å². The number of hydrogen-bond acceptors (Lipinski definition) is 5. The molecular weight excluding hydrogens is 362 g/mol. The van der Waals surface area contributed by atoms with Crippen LogP contribution in [0.4, 0.5) is 5.69 Å². The zero-order valence-electron chi connectivity index (χ0n) is 13.8. The van der Waals surface area contributed by atoms with Crippen LogP contribution in [0.25, 0.3) is 0 Å². The number of rotatable bonds is 5. The van der Waals surface area contributed by atoms with E-state index in [9.17, 15) is 16.8 Å². The smallest absolute Gasteiger partial charge is 0.283 e. The van der Waals surface area contributed by atoms with Crippen LogP contribution in [-0.2, 0) is 19.9 Å². The first kappa shape index (κ1) is 17.7. The number of hydrogen-bond donors (Lipinski definition) is 0. The Labute approximate surface area is 147 Å². The number of aromatic nitrogens is 2. The Morgan fingerprint density at radius 2 is 1.92 bits per heavy atom. The molecule has 1 aromatic carbocycles. The third-order valence-corrected chi connectivity index (χ3v) is 7.04. The van der Waals surface area contributed by atoms with Crippen LogP contribution in [0.1, 0.15) is 19.9 Å². The van der Waals surface area contributed by atoms with Crippen LogP contribution < -0.4 is 4.31 Å². The highest BCUT2D eigenvalue weighted by atomic mass is 32.2. The lowest BCUT2D eigenvalue weighted by molar-refractivity contribution is 0.581. The summed E-state index contributed by atoms with van der Waals surface area (Å²) in [5.41, 5.74) is 0.397. The quantitative estimate of drug-likeness (QED) is 0.790. The van der Waals surface area contributed by atoms with Crippen LogP contribution in [0, 0.1) is 0 Å². The number of sulfone groups is 1. The van der Waals surface area contributed by atoms with Crippen molar-refractivity contribution in [2.75, 3.05) is 10.1 Å². The fourth-order valence-electron chi connectivity index (χ4n) is 2.62. The van der Waals surface area contributed by atoms with Gasteiger partial charge in [0.25, 0.3) is 10.0 Å². The maximum Gasteiger partial charge on any atom is 0.283 e. The van der Waals surface area contributed by atoms with Gasteiger partial charge in [0, 0.05) is 17.6 Å². The average Bonchev–Trinajstić information content (AvgIpc) is 3.16. The summed E-state index contributed by atoms with van der Waals surface area (Å²) < 4.78 is 52.8. The van der Waals surface area contributed by atoms with Gasteiger partial charge in [-0.15, -0.1) is 0 Å². The number of anilines is 1. The first-order valence-electron chi connectivity index (χ1n) is 7.74. The van der Waals surface area contributed by atoms with E-state index in [1.807, 2.05) is 13.8 Å². The second-order valence-corrected chi connectivity index (χ2v) is 9.81. The zero-order valence-corrected chi connectivity index (χ0v) is 15.5. The van der Waals surface area contributed by atoms with Gasteiger partial charge in [-0.05, 0) is 32.1 Å². The predicted octanol–water partition coefficient (Wildman–Crippen LogP) is 1.97. The first-order valence-corrected chi connectivity index (χ1v) is 10.9. The molecule has 1 atom stereocenters. The molecule has 2 aromatic rings. The zero-order chi connectivity index (χ0) is 18.2. The molecular formula is C16H19N3O4S2. The van der Waals surface area contributed by atoms with Gasteiger partial charge in [0.2, 0.25) is 0 Å². The molecule has 3 rings (SSSR count). The van der Waals surface area contributed by atoms with Gasteiger partial charge in [-0.25, -0.2) is 13.4 Å². The Kier molecular flexibility index (Phi) is 4.46. The molecule has 0 saturated carbocycles. The summed E-state index contributed by atoms with van der Waals surface area (Å²) in [6.07, 6.45) is 4.32. The Hall–Kier alpha value is -2.13. The number of benzene rings is 1. The van der Waals surface area contributed by atoms with Crippen LogP contribution in [0.2, 0.25) is 0 Å². The lowest BCUT2D eigenvalue weighted by Crippen LogP contribution is -2.41. The standard InChI is InChI=1S/C16H19N3O4S2/c1-13(2)18-10-16(17-12-18)25(22,23)19(14-6-4-3-5-7-14)15-8-9-24(20,21)11-15/h3-10,12-13,15H,11H2,1-2H3/t15-/m0/s1. The topological polar surface area (TPSA) is 89.3 Å². The molecule has 25 heavy (non-hydrogen) atoms. The molecule has 0 amide bonds. The van der Waals surface area contributed by atoms with Crippen molar-refractivity contribution in [2.24, 2.45) is 0 Å². The Morgan fingerprint density at radius 3 is 2.44 bits per heavy atom. The second kappa shape index (κ2) is 6.30. The van der Waals surface area contributed by atoms with E-state index < -0.39 is 25.9 Å². The summed E-state index contributed by atoms with van der Waals surface area (Å²) in [5.74, 6) is -0.286. The van der Waals surface area contributed by atoms with E-state index in [0.29, 0.717) is 5.69 Å². The Morgan fingerprint density at radius 1 is 1.24 bits per heavy atom. The SMILES string of the molecule is CC(C)n1cnc(S(=O)(=O)N(c2ccccc2)[C@H]2C=CS(=O)(=O)C2)c1. The molecule has 0 radical (unpaired) electrons. The average molecular weight is 381 g/mol. The molecule has 7 nitrogen and oxygen atoms in total. The van der Waals surface area contributed by atoms with E-state index in [1.54, 1.807) is 34.9 Å². The fraction of sp³-hybridized carbons (Fsp3) is 0.312. The van der Waals surface area contributed by atoms with Crippen LogP contribution in [0.3, 0.4) is 0 Å². The van der Waals surface area contributed by atoms with Crippen LogP contribution in [0.15, 0.2) is 59.4 Å². The van der Waals surface area contributed by atoms with Crippen molar-refractivity contribution >= 4 is 25.5 Å². The van der Waals surface area contributed by atoms with Crippen molar-refractivity contribution in [3.8, 4) is 0 Å². The number of nitrogens with zero attached hydrogens (tertiary/aromatic N) is 3. The van der Waals surface area contributed by atoms with Crippen molar-refractivity contribution in [3.63, 3.8) is 0 Å². The fourth-order valence-corrected chi connectivity index (χ4v) is 5.52. The van der Waals surface area contributed by atoms with Gasteiger partial charge in [-0.1, -0.05) is 18.2 Å². The lowest BCUT2D eigenvalue weighted by Gasteiger charge is -2.28. The summed E-state index contributed by atoms with van der Waals surface area (Å²) in [6.45, 7) is 3.83. The van der Waals surface area contributed by atoms with Gasteiger partial charge in [0.1, 0.15) is 0 Å². The molecule has 0 aliphatic carbocycles. The van der Waals surface area contributed by atoms with E-state index in [1.165, 1.54) is 18.6 Å². The first-order chi connectivity index (χ1) is 11.7. The predicted molar refractivity (Wildman–Crippen MR) is 95.4 cm³/mol. The highest BCUT2D eigenvalue weighted by Crippen LogP contribution is 2.29. The van der Waals surface area contributed by atoms with E-state index in [0.717, 1.165) is 9.71 Å². The van der Waals surface area contributed by atoms with Crippen molar-refractivity contribution in [1.29, 1.82) is 0 Å².